The molecule has 1 aliphatic heterocycles. The lowest BCUT2D eigenvalue weighted by Gasteiger charge is -2.33. The van der Waals surface area contributed by atoms with Gasteiger partial charge in [-0.3, -0.25) is 4.79 Å². The van der Waals surface area contributed by atoms with Crippen LogP contribution in [0.1, 0.15) is 72.8 Å². The quantitative estimate of drug-likeness (QED) is 0.654. The number of hydrogen-bond donors (Lipinski definition) is 1. The van der Waals surface area contributed by atoms with Gasteiger partial charge in [0.2, 0.25) is 5.91 Å². The van der Waals surface area contributed by atoms with Crippen LogP contribution in [0, 0.1) is 5.92 Å². The van der Waals surface area contributed by atoms with E-state index >= 15 is 0 Å². The number of amides is 2. The SMILES string of the molecule is CCC1(c2cccc(OC(=O)N[C@H](C(=O)OC(C)(C)C)C(C)C)c2)CCCCN(C)C1=O. The van der Waals surface area contributed by atoms with Crippen LogP contribution in [0.15, 0.2) is 24.3 Å². The summed E-state index contributed by atoms with van der Waals surface area (Å²) in [5.74, 6) is -0.246. The Morgan fingerprint density at radius 3 is 2.50 bits per heavy atom. The molecule has 0 radical (unpaired) electrons. The molecule has 1 unspecified atom stereocenters. The van der Waals surface area contributed by atoms with Crippen LogP contribution in [0.25, 0.3) is 0 Å². The van der Waals surface area contributed by atoms with Gasteiger partial charge in [0, 0.05) is 13.6 Å². The summed E-state index contributed by atoms with van der Waals surface area (Å²) in [6, 6.07) is 6.32. The summed E-state index contributed by atoms with van der Waals surface area (Å²) in [7, 11) is 1.84. The Kier molecular flexibility index (Phi) is 8.32. The normalized spacial score (nSPS) is 20.5. The molecule has 0 bridgehead atoms. The molecule has 0 aliphatic carbocycles. The van der Waals surface area contributed by atoms with Gasteiger partial charge in [-0.25, -0.2) is 9.59 Å². The third-order valence-corrected chi connectivity index (χ3v) is 5.90. The highest BCUT2D eigenvalue weighted by Crippen LogP contribution is 2.38. The minimum atomic E-state index is -0.830. The largest absolute Gasteiger partial charge is 0.458 e. The molecule has 1 aromatic carbocycles. The summed E-state index contributed by atoms with van der Waals surface area (Å²) in [5.41, 5.74) is -0.439. The molecule has 7 nitrogen and oxygen atoms in total. The van der Waals surface area contributed by atoms with Gasteiger partial charge in [0.25, 0.3) is 0 Å². The first-order valence-electron chi connectivity index (χ1n) is 11.5. The van der Waals surface area contributed by atoms with Gasteiger partial charge in [0.05, 0.1) is 5.41 Å². The highest BCUT2D eigenvalue weighted by Gasteiger charge is 2.41. The number of likely N-dealkylation sites (tertiary alicyclic amines) is 1. The lowest BCUT2D eigenvalue weighted by atomic mass is 9.73. The van der Waals surface area contributed by atoms with E-state index in [4.69, 9.17) is 9.47 Å². The van der Waals surface area contributed by atoms with Gasteiger partial charge in [-0.15, -0.1) is 0 Å². The summed E-state index contributed by atoms with van der Waals surface area (Å²) in [6.07, 6.45) is 2.63. The number of nitrogens with zero attached hydrogens (tertiary/aromatic N) is 1. The van der Waals surface area contributed by atoms with E-state index in [1.165, 1.54) is 0 Å². The van der Waals surface area contributed by atoms with Crippen LogP contribution in [0.4, 0.5) is 4.79 Å². The van der Waals surface area contributed by atoms with E-state index in [2.05, 4.69) is 5.32 Å². The van der Waals surface area contributed by atoms with Crippen molar-refractivity contribution in [3.63, 3.8) is 0 Å². The van der Waals surface area contributed by atoms with Crippen molar-refractivity contribution in [1.82, 2.24) is 10.2 Å². The molecule has 2 atom stereocenters. The Bertz CT molecular complexity index is 830. The average Bonchev–Trinajstić information content (AvgIpc) is 2.84. The fourth-order valence-electron chi connectivity index (χ4n) is 4.13. The first kappa shape index (κ1) is 25.7. The maximum atomic E-state index is 13.2. The molecular formula is C25H38N2O5. The Morgan fingerprint density at radius 2 is 1.91 bits per heavy atom. The first-order chi connectivity index (χ1) is 14.9. The number of carbonyl (C=O) groups excluding carboxylic acids is 3. The Hall–Kier alpha value is -2.57. The molecule has 1 saturated heterocycles. The van der Waals surface area contributed by atoms with Crippen LogP contribution in [-0.2, 0) is 19.7 Å². The van der Waals surface area contributed by atoms with E-state index in [1.807, 2.05) is 33.9 Å². The predicted octanol–water partition coefficient (Wildman–Crippen LogP) is 4.43. The maximum Gasteiger partial charge on any atom is 0.413 e. The van der Waals surface area contributed by atoms with Crippen molar-refractivity contribution in [2.24, 2.45) is 5.92 Å². The van der Waals surface area contributed by atoms with E-state index in [9.17, 15) is 14.4 Å². The van der Waals surface area contributed by atoms with Gasteiger partial charge in [0.15, 0.2) is 0 Å². The molecule has 7 heteroatoms. The molecule has 1 aliphatic rings. The number of carbonyl (C=O) groups is 3. The van der Waals surface area contributed by atoms with Crippen LogP contribution in [-0.4, -0.2) is 48.1 Å². The smallest absolute Gasteiger partial charge is 0.413 e. The fourth-order valence-corrected chi connectivity index (χ4v) is 4.13. The van der Waals surface area contributed by atoms with Crippen molar-refractivity contribution >= 4 is 18.0 Å². The van der Waals surface area contributed by atoms with Crippen LogP contribution < -0.4 is 10.1 Å². The van der Waals surface area contributed by atoms with Gasteiger partial charge >= 0.3 is 12.1 Å². The van der Waals surface area contributed by atoms with Gasteiger partial charge in [-0.1, -0.05) is 39.3 Å². The monoisotopic (exact) mass is 446 g/mol. The van der Waals surface area contributed by atoms with Crippen molar-refractivity contribution < 1.29 is 23.9 Å². The second kappa shape index (κ2) is 10.4. The molecule has 32 heavy (non-hydrogen) atoms. The van der Waals surface area contributed by atoms with Crippen LogP contribution in [0.5, 0.6) is 5.75 Å². The van der Waals surface area contributed by atoms with Crippen molar-refractivity contribution in [2.75, 3.05) is 13.6 Å². The molecule has 1 aromatic rings. The third-order valence-electron chi connectivity index (χ3n) is 5.90. The number of rotatable bonds is 6. The second-order valence-electron chi connectivity index (χ2n) is 9.94. The molecular weight excluding hydrogens is 408 g/mol. The zero-order valence-corrected chi connectivity index (χ0v) is 20.5. The molecule has 1 heterocycles. The number of nitrogens with one attached hydrogen (secondary N) is 1. The van der Waals surface area contributed by atoms with E-state index in [1.54, 1.807) is 43.9 Å². The predicted molar refractivity (Wildman–Crippen MR) is 124 cm³/mol. The molecule has 178 valence electrons. The van der Waals surface area contributed by atoms with Gasteiger partial charge in [-0.05, 0) is 63.6 Å². The highest BCUT2D eigenvalue weighted by molar-refractivity contribution is 5.88. The standard InChI is InChI=1S/C25H38N2O5/c1-8-25(14-9-10-15-27(7)22(25)29)18-12-11-13-19(16-18)31-23(30)26-20(17(2)3)21(28)32-24(4,5)6/h11-13,16-17,20H,8-10,14-15H2,1-7H3,(H,26,30)/t20-,25?/m0/s1. The number of hydrogen-bond acceptors (Lipinski definition) is 5. The minimum absolute atomic E-state index is 0.101. The van der Waals surface area contributed by atoms with Crippen molar-refractivity contribution in [3.05, 3.63) is 29.8 Å². The number of likely N-dealkylation sites (N-methyl/N-ethyl adjacent to an activating group) is 1. The van der Waals surface area contributed by atoms with Gasteiger partial charge < -0.3 is 19.7 Å². The molecule has 0 spiro atoms. The summed E-state index contributed by atoms with van der Waals surface area (Å²) in [5, 5.41) is 2.62. The number of esters is 1. The Labute approximate surface area is 191 Å². The molecule has 2 amide bonds. The zero-order valence-electron chi connectivity index (χ0n) is 20.5. The lowest BCUT2D eigenvalue weighted by Crippen LogP contribution is -2.48. The molecule has 0 saturated carbocycles. The van der Waals surface area contributed by atoms with Crippen molar-refractivity contribution in [1.29, 1.82) is 0 Å². The van der Waals surface area contributed by atoms with E-state index in [0.29, 0.717) is 12.2 Å². The van der Waals surface area contributed by atoms with Crippen molar-refractivity contribution in [3.8, 4) is 5.75 Å². The first-order valence-corrected chi connectivity index (χ1v) is 11.5. The summed E-state index contributed by atoms with van der Waals surface area (Å²) in [6.45, 7) is 11.8. The third kappa shape index (κ3) is 6.24. The highest BCUT2D eigenvalue weighted by atomic mass is 16.6. The summed E-state index contributed by atoms with van der Waals surface area (Å²) in [4.78, 5) is 40.1. The molecule has 2 rings (SSSR count). The average molecular weight is 447 g/mol. The van der Waals surface area contributed by atoms with Crippen LogP contribution in [0.3, 0.4) is 0 Å². The van der Waals surface area contributed by atoms with Gasteiger partial charge in [0.1, 0.15) is 17.4 Å². The Morgan fingerprint density at radius 1 is 1.22 bits per heavy atom. The van der Waals surface area contributed by atoms with Crippen LogP contribution >= 0.6 is 0 Å². The topological polar surface area (TPSA) is 84.9 Å². The second-order valence-corrected chi connectivity index (χ2v) is 9.94. The molecule has 1 fully saturated rings. The summed E-state index contributed by atoms with van der Waals surface area (Å²) < 4.78 is 10.9. The van der Waals surface area contributed by atoms with Crippen molar-refractivity contribution in [2.45, 2.75) is 84.3 Å². The lowest BCUT2D eigenvalue weighted by molar-refractivity contribution is -0.158. The van der Waals surface area contributed by atoms with E-state index in [0.717, 1.165) is 31.4 Å². The number of benzene rings is 1. The van der Waals surface area contributed by atoms with E-state index in [-0.39, 0.29) is 11.8 Å². The fraction of sp³-hybridized carbons (Fsp3) is 0.640. The van der Waals surface area contributed by atoms with Gasteiger partial charge in [-0.2, -0.15) is 0 Å². The van der Waals surface area contributed by atoms with E-state index < -0.39 is 29.1 Å². The summed E-state index contributed by atoms with van der Waals surface area (Å²) >= 11 is 0. The van der Waals surface area contributed by atoms with Crippen LogP contribution in [0.2, 0.25) is 0 Å². The minimum Gasteiger partial charge on any atom is -0.458 e. The number of ether oxygens (including phenoxy) is 2. The maximum absolute atomic E-state index is 13.2. The molecule has 0 aromatic heterocycles. The zero-order chi connectivity index (χ0) is 24.1. The Balaban J connectivity index is 2.20. The molecule has 1 N–H and O–H groups in total.